The maximum atomic E-state index is 13.0. The van der Waals surface area contributed by atoms with Crippen molar-refractivity contribution in [2.24, 2.45) is 5.92 Å². The summed E-state index contributed by atoms with van der Waals surface area (Å²) in [7, 11) is 1.57. The number of carbonyl (C=O) groups is 1. The molecule has 0 radical (unpaired) electrons. The van der Waals surface area contributed by atoms with Crippen molar-refractivity contribution in [3.8, 4) is 17.6 Å². The third-order valence-electron chi connectivity index (χ3n) is 4.69. The third-order valence-corrected chi connectivity index (χ3v) is 5.27. The van der Waals surface area contributed by atoms with Gasteiger partial charge in [0.25, 0.3) is 5.91 Å². The highest BCUT2D eigenvalue weighted by Gasteiger charge is 2.28. The molecule has 0 aliphatic carbocycles. The van der Waals surface area contributed by atoms with Crippen molar-refractivity contribution in [2.45, 2.75) is 33.2 Å². The first-order valence-corrected chi connectivity index (χ1v) is 10.2. The van der Waals surface area contributed by atoms with Crippen LogP contribution in [-0.4, -0.2) is 61.6 Å². The highest BCUT2D eigenvalue weighted by atomic mass is 79.9. The molecule has 1 amide bonds. The van der Waals surface area contributed by atoms with Crippen LogP contribution in [0.2, 0.25) is 0 Å². The Bertz CT molecular complexity index is 694. The molecule has 0 saturated carbocycles. The van der Waals surface area contributed by atoms with Crippen LogP contribution in [-0.2, 0) is 0 Å². The molecule has 0 spiro atoms. The van der Waals surface area contributed by atoms with Crippen LogP contribution in [0, 0.1) is 17.2 Å². The summed E-state index contributed by atoms with van der Waals surface area (Å²) in [6.07, 6.45) is 0.890. The second-order valence-corrected chi connectivity index (χ2v) is 7.84. The van der Waals surface area contributed by atoms with Gasteiger partial charge < -0.3 is 14.4 Å². The van der Waals surface area contributed by atoms with Gasteiger partial charge in [-0.3, -0.25) is 9.69 Å². The van der Waals surface area contributed by atoms with Crippen LogP contribution in [0.3, 0.4) is 0 Å². The zero-order chi connectivity index (χ0) is 20.0. The molecular weight excluding hydrogens is 410 g/mol. The summed E-state index contributed by atoms with van der Waals surface area (Å²) in [5.41, 5.74) is 0.566. The average Bonchev–Trinajstić information content (AvgIpc) is 2.66. The topological polar surface area (TPSA) is 65.8 Å². The van der Waals surface area contributed by atoms with Crippen molar-refractivity contribution >= 4 is 21.8 Å². The van der Waals surface area contributed by atoms with Gasteiger partial charge in [-0.1, -0.05) is 20.8 Å². The van der Waals surface area contributed by atoms with E-state index in [0.29, 0.717) is 54.3 Å². The SMILES string of the molecule is CCCOc1c(Br)cc(C(=O)N2CCN(C(C#N)C(C)C)CC2)cc1OC. The molecule has 6 nitrogen and oxygen atoms in total. The number of nitrogens with zero attached hydrogens (tertiary/aromatic N) is 3. The van der Waals surface area contributed by atoms with Gasteiger partial charge in [0, 0.05) is 31.7 Å². The number of nitriles is 1. The molecule has 1 aliphatic heterocycles. The number of hydrogen-bond acceptors (Lipinski definition) is 5. The van der Waals surface area contributed by atoms with E-state index in [0.717, 1.165) is 6.42 Å². The van der Waals surface area contributed by atoms with Crippen molar-refractivity contribution in [1.29, 1.82) is 5.26 Å². The van der Waals surface area contributed by atoms with Crippen LogP contribution in [0.25, 0.3) is 0 Å². The number of benzene rings is 1. The van der Waals surface area contributed by atoms with Gasteiger partial charge in [-0.25, -0.2) is 0 Å². The lowest BCUT2D eigenvalue weighted by molar-refractivity contribution is 0.0576. The molecule has 27 heavy (non-hydrogen) atoms. The molecule has 1 saturated heterocycles. The van der Waals surface area contributed by atoms with Gasteiger partial charge >= 0.3 is 0 Å². The molecule has 0 N–H and O–H groups in total. The van der Waals surface area contributed by atoms with Crippen LogP contribution in [0.4, 0.5) is 0 Å². The van der Waals surface area contributed by atoms with Crippen molar-refractivity contribution in [2.75, 3.05) is 39.9 Å². The van der Waals surface area contributed by atoms with Crippen LogP contribution in [0.15, 0.2) is 16.6 Å². The van der Waals surface area contributed by atoms with E-state index < -0.39 is 0 Å². The summed E-state index contributed by atoms with van der Waals surface area (Å²) in [5.74, 6) is 1.40. The Morgan fingerprint density at radius 3 is 2.48 bits per heavy atom. The molecule has 148 valence electrons. The Labute approximate surface area is 170 Å². The summed E-state index contributed by atoms with van der Waals surface area (Å²) in [6.45, 7) is 9.36. The smallest absolute Gasteiger partial charge is 0.254 e. The van der Waals surface area contributed by atoms with Crippen molar-refractivity contribution in [3.05, 3.63) is 22.2 Å². The average molecular weight is 438 g/mol. The molecule has 1 aromatic rings. The number of rotatable bonds is 7. The highest BCUT2D eigenvalue weighted by Crippen LogP contribution is 2.37. The van der Waals surface area contributed by atoms with E-state index in [9.17, 15) is 10.1 Å². The van der Waals surface area contributed by atoms with Gasteiger partial charge in [0.2, 0.25) is 0 Å². The van der Waals surface area contributed by atoms with Crippen LogP contribution in [0.1, 0.15) is 37.6 Å². The molecule has 1 heterocycles. The molecule has 2 rings (SSSR count). The number of methoxy groups -OCH3 is 1. The second-order valence-electron chi connectivity index (χ2n) is 6.98. The molecule has 7 heteroatoms. The Kier molecular flexibility index (Phi) is 7.93. The van der Waals surface area contributed by atoms with Crippen molar-refractivity contribution in [3.63, 3.8) is 0 Å². The quantitative estimate of drug-likeness (QED) is 0.652. The summed E-state index contributed by atoms with van der Waals surface area (Å²) in [4.78, 5) is 16.9. The van der Waals surface area contributed by atoms with Crippen molar-refractivity contribution < 1.29 is 14.3 Å². The Morgan fingerprint density at radius 2 is 1.96 bits per heavy atom. The first-order valence-electron chi connectivity index (χ1n) is 9.36. The number of hydrogen-bond donors (Lipinski definition) is 0. The van der Waals surface area contributed by atoms with Gasteiger partial charge in [-0.05, 0) is 40.4 Å². The number of halogens is 1. The number of ether oxygens (including phenoxy) is 2. The monoisotopic (exact) mass is 437 g/mol. The molecule has 1 atom stereocenters. The van der Waals surface area contributed by atoms with Crippen LogP contribution < -0.4 is 9.47 Å². The minimum absolute atomic E-state index is 0.0336. The van der Waals surface area contributed by atoms with E-state index in [-0.39, 0.29) is 17.9 Å². The molecule has 0 aromatic heterocycles. The van der Waals surface area contributed by atoms with Crippen molar-refractivity contribution in [1.82, 2.24) is 9.80 Å². The first-order chi connectivity index (χ1) is 12.9. The van der Waals surface area contributed by atoms with Gasteiger partial charge in [-0.15, -0.1) is 0 Å². The summed E-state index contributed by atoms with van der Waals surface area (Å²) < 4.78 is 11.9. The number of piperazine rings is 1. The Morgan fingerprint density at radius 1 is 1.30 bits per heavy atom. The molecule has 1 aromatic carbocycles. The fraction of sp³-hybridized carbons (Fsp3) is 0.600. The van der Waals surface area contributed by atoms with Gasteiger partial charge in [0.1, 0.15) is 6.04 Å². The molecule has 1 unspecified atom stereocenters. The molecule has 1 aliphatic rings. The predicted molar refractivity (Wildman–Crippen MR) is 108 cm³/mol. The van der Waals surface area contributed by atoms with E-state index in [1.165, 1.54) is 0 Å². The standard InChI is InChI=1S/C20H28BrN3O3/c1-5-10-27-19-16(21)11-15(12-18(19)26-4)20(25)24-8-6-23(7-9-24)17(13-22)14(2)3/h11-12,14,17H,5-10H2,1-4H3. The highest BCUT2D eigenvalue weighted by molar-refractivity contribution is 9.10. The van der Waals surface area contributed by atoms with E-state index in [2.05, 4.69) is 40.7 Å². The zero-order valence-corrected chi connectivity index (χ0v) is 18.1. The fourth-order valence-electron chi connectivity index (χ4n) is 3.23. The van der Waals surface area contributed by atoms with Gasteiger partial charge in [0.15, 0.2) is 11.5 Å². The zero-order valence-electron chi connectivity index (χ0n) is 16.5. The van der Waals surface area contributed by atoms with Crippen LogP contribution in [0.5, 0.6) is 11.5 Å². The maximum Gasteiger partial charge on any atom is 0.254 e. The van der Waals surface area contributed by atoms with Crippen LogP contribution >= 0.6 is 15.9 Å². The largest absolute Gasteiger partial charge is 0.493 e. The fourth-order valence-corrected chi connectivity index (χ4v) is 3.78. The minimum atomic E-state index is -0.105. The lowest BCUT2D eigenvalue weighted by atomic mass is 10.0. The summed E-state index contributed by atoms with van der Waals surface area (Å²) in [6, 6.07) is 5.79. The lowest BCUT2D eigenvalue weighted by Gasteiger charge is -2.38. The van der Waals surface area contributed by atoms with E-state index in [4.69, 9.17) is 9.47 Å². The Hall–Kier alpha value is -1.78. The van der Waals surface area contributed by atoms with Gasteiger partial charge in [-0.2, -0.15) is 5.26 Å². The normalized spacial score (nSPS) is 16.1. The minimum Gasteiger partial charge on any atom is -0.493 e. The van der Waals surface area contributed by atoms with E-state index in [1.54, 1.807) is 19.2 Å². The molecule has 1 fully saturated rings. The summed E-state index contributed by atoms with van der Waals surface area (Å²) in [5, 5.41) is 9.37. The molecule has 0 bridgehead atoms. The third kappa shape index (κ3) is 5.14. The lowest BCUT2D eigenvalue weighted by Crippen LogP contribution is -2.52. The molecular formula is C20H28BrN3O3. The van der Waals surface area contributed by atoms with E-state index >= 15 is 0 Å². The summed E-state index contributed by atoms with van der Waals surface area (Å²) >= 11 is 3.50. The predicted octanol–water partition coefficient (Wildman–Crippen LogP) is 3.55. The Balaban J connectivity index is 2.10. The first kappa shape index (κ1) is 21.5. The maximum absolute atomic E-state index is 13.0. The second kappa shape index (κ2) is 9.95. The van der Waals surface area contributed by atoms with E-state index in [1.807, 2.05) is 11.8 Å². The van der Waals surface area contributed by atoms with Gasteiger partial charge in [0.05, 0.1) is 24.3 Å². The number of carbonyl (C=O) groups excluding carboxylic acids is 1. The number of amides is 1.